The van der Waals surface area contributed by atoms with E-state index in [1.807, 2.05) is 84.4 Å². The molecule has 0 spiro atoms. The lowest BCUT2D eigenvalue weighted by molar-refractivity contribution is -0.125. The Hall–Kier alpha value is -4.15. The van der Waals surface area contributed by atoms with Crippen molar-refractivity contribution in [2.24, 2.45) is 5.92 Å². The molecule has 0 aliphatic carbocycles. The second-order valence-electron chi connectivity index (χ2n) is 8.34. The van der Waals surface area contributed by atoms with Crippen LogP contribution in [0.2, 0.25) is 0 Å². The lowest BCUT2D eigenvalue weighted by atomic mass is 10.1. The molecule has 1 aliphatic heterocycles. The summed E-state index contributed by atoms with van der Waals surface area (Å²) >= 11 is 1.69. The Morgan fingerprint density at radius 2 is 1.91 bits per heavy atom. The summed E-state index contributed by atoms with van der Waals surface area (Å²) in [6.45, 7) is 2.23. The number of thioether (sulfide) groups is 1. The maximum atomic E-state index is 13.5. The zero-order valence-electron chi connectivity index (χ0n) is 19.1. The number of carbonyl (C=O) groups excluding carboxylic acids is 2. The van der Waals surface area contributed by atoms with Crippen molar-refractivity contribution in [2.45, 2.75) is 24.1 Å². The molecule has 0 bridgehead atoms. The Kier molecular flexibility index (Phi) is 6.21. The maximum Gasteiger partial charge on any atom is 0.253 e. The summed E-state index contributed by atoms with van der Waals surface area (Å²) in [5.41, 5.74) is 5.72. The lowest BCUT2D eigenvalue weighted by Gasteiger charge is -2.24. The highest BCUT2D eigenvalue weighted by atomic mass is 32.2. The Labute approximate surface area is 207 Å². The minimum atomic E-state index is -1.40. The molecule has 7 heteroatoms. The van der Waals surface area contributed by atoms with E-state index >= 15 is 0 Å². The summed E-state index contributed by atoms with van der Waals surface area (Å²) in [5.74, 6) is -0.891. The fraction of sp³-hybridized carbons (Fsp3) is 0.143. The quantitative estimate of drug-likeness (QED) is 0.277. The van der Waals surface area contributed by atoms with Gasteiger partial charge in [-0.15, -0.1) is 16.9 Å². The summed E-state index contributed by atoms with van der Waals surface area (Å²) in [6, 6.07) is 27.5. The third-order valence-electron chi connectivity index (χ3n) is 5.97. The topological polar surface area (TPSA) is 79.0 Å². The van der Waals surface area contributed by atoms with E-state index in [1.54, 1.807) is 11.8 Å². The number of rotatable bonds is 6. The molecule has 2 heterocycles. The summed E-state index contributed by atoms with van der Waals surface area (Å²) in [6.07, 6.45) is 0.397. The van der Waals surface area contributed by atoms with Crippen LogP contribution in [0.4, 0.5) is 5.82 Å². The summed E-state index contributed by atoms with van der Waals surface area (Å²) < 4.78 is 1.88. The van der Waals surface area contributed by atoms with Gasteiger partial charge in [0.15, 0.2) is 11.7 Å². The number of anilines is 1. The molecule has 5 rings (SSSR count). The second kappa shape index (κ2) is 9.61. The molecular formula is C28H22N4O2S. The minimum absolute atomic E-state index is 0.204. The number of amides is 1. The number of aldehydes is 1. The highest BCUT2D eigenvalue weighted by molar-refractivity contribution is 7.98. The number of aromatic nitrogens is 2. The molecule has 1 amide bonds. The first-order valence-corrected chi connectivity index (χ1v) is 12.2. The van der Waals surface area contributed by atoms with Crippen molar-refractivity contribution < 1.29 is 9.59 Å². The van der Waals surface area contributed by atoms with E-state index in [2.05, 4.69) is 12.1 Å². The van der Waals surface area contributed by atoms with Crippen LogP contribution in [-0.4, -0.2) is 22.0 Å². The van der Waals surface area contributed by atoms with Crippen molar-refractivity contribution in [3.8, 4) is 23.0 Å². The van der Waals surface area contributed by atoms with Crippen molar-refractivity contribution in [1.82, 2.24) is 9.78 Å². The monoisotopic (exact) mass is 478 g/mol. The van der Waals surface area contributed by atoms with E-state index in [0.717, 1.165) is 38.5 Å². The highest BCUT2D eigenvalue weighted by Gasteiger charge is 2.33. The molecule has 6 nitrogen and oxygen atoms in total. The van der Waals surface area contributed by atoms with Crippen LogP contribution >= 0.6 is 11.8 Å². The molecule has 1 unspecified atom stereocenters. The van der Waals surface area contributed by atoms with Gasteiger partial charge in [-0.2, -0.15) is 5.26 Å². The molecule has 0 saturated heterocycles. The number of fused-ring (bicyclic) bond motifs is 3. The predicted octanol–water partition coefficient (Wildman–Crippen LogP) is 5.33. The van der Waals surface area contributed by atoms with Crippen LogP contribution in [-0.2, 0) is 21.9 Å². The molecule has 0 N–H and O–H groups in total. The zero-order valence-corrected chi connectivity index (χ0v) is 19.9. The number of hydrogen-bond donors (Lipinski definition) is 0. The molecule has 0 radical (unpaired) electrons. The van der Waals surface area contributed by atoms with Crippen LogP contribution in [0, 0.1) is 24.2 Å². The molecule has 3 aromatic carbocycles. The maximum absolute atomic E-state index is 13.5. The number of nitrogens with zero attached hydrogens (tertiary/aromatic N) is 4. The molecule has 1 aromatic heterocycles. The molecule has 4 aromatic rings. The fourth-order valence-electron chi connectivity index (χ4n) is 4.28. The smallest absolute Gasteiger partial charge is 0.253 e. The second-order valence-corrected chi connectivity index (χ2v) is 9.36. The highest BCUT2D eigenvalue weighted by Crippen LogP contribution is 2.46. The van der Waals surface area contributed by atoms with Gasteiger partial charge in [0.25, 0.3) is 5.91 Å². The first-order chi connectivity index (χ1) is 17.1. The van der Waals surface area contributed by atoms with E-state index in [9.17, 15) is 14.9 Å². The number of carbonyl (C=O) groups is 2. The van der Waals surface area contributed by atoms with Crippen LogP contribution in [0.3, 0.4) is 0 Å². The third-order valence-corrected chi connectivity index (χ3v) is 7.07. The van der Waals surface area contributed by atoms with Crippen LogP contribution in [0.5, 0.6) is 0 Å². The SMILES string of the molecule is Cc1cccc(-n2nc(N(Cc3ccccc3)C(=O)C(C#N)C=O)c3c2-c2ccccc2SC3)c1. The van der Waals surface area contributed by atoms with Crippen LogP contribution in [0.25, 0.3) is 16.9 Å². The average Bonchev–Trinajstić information content (AvgIpc) is 3.28. The molecule has 1 aliphatic rings. The van der Waals surface area contributed by atoms with E-state index in [-0.39, 0.29) is 6.54 Å². The summed E-state index contributed by atoms with van der Waals surface area (Å²) in [4.78, 5) is 27.7. The Bertz CT molecular complexity index is 1460. The Balaban J connectivity index is 1.74. The van der Waals surface area contributed by atoms with Gasteiger partial charge in [0.2, 0.25) is 0 Å². The lowest BCUT2D eigenvalue weighted by Crippen LogP contribution is -2.37. The van der Waals surface area contributed by atoms with Crippen molar-refractivity contribution in [3.05, 3.63) is 95.6 Å². The largest absolute Gasteiger partial charge is 0.301 e. The molecule has 0 fully saturated rings. The molecular weight excluding hydrogens is 456 g/mol. The van der Waals surface area contributed by atoms with Crippen molar-refractivity contribution in [1.29, 1.82) is 5.26 Å². The van der Waals surface area contributed by atoms with Crippen LogP contribution < -0.4 is 4.90 Å². The fourth-order valence-corrected chi connectivity index (χ4v) is 5.35. The standard InChI is InChI=1S/C28H22N4O2S/c1-19-8-7-11-22(14-19)32-26-23-12-5-6-13-25(23)35-18-24(26)27(30-32)31(28(34)21(15-29)17-33)16-20-9-3-2-4-10-20/h2-14,17,21H,16,18H2,1H3. The number of nitriles is 1. The predicted molar refractivity (Wildman–Crippen MR) is 136 cm³/mol. The van der Waals surface area contributed by atoms with Gasteiger partial charge < -0.3 is 4.79 Å². The van der Waals surface area contributed by atoms with Gasteiger partial charge in [-0.05, 0) is 36.2 Å². The van der Waals surface area contributed by atoms with Gasteiger partial charge in [-0.3, -0.25) is 9.69 Å². The minimum Gasteiger partial charge on any atom is -0.301 e. The van der Waals surface area contributed by atoms with Crippen molar-refractivity contribution >= 4 is 29.8 Å². The Morgan fingerprint density at radius 3 is 2.66 bits per heavy atom. The molecule has 1 atom stereocenters. The van der Waals surface area contributed by atoms with Gasteiger partial charge in [-0.1, -0.05) is 60.7 Å². The van der Waals surface area contributed by atoms with Crippen molar-refractivity contribution in [3.63, 3.8) is 0 Å². The van der Waals surface area contributed by atoms with E-state index in [0.29, 0.717) is 17.9 Å². The van der Waals surface area contributed by atoms with Gasteiger partial charge >= 0.3 is 0 Å². The van der Waals surface area contributed by atoms with Crippen LogP contribution in [0.1, 0.15) is 16.7 Å². The van der Waals surface area contributed by atoms with Crippen LogP contribution in [0.15, 0.2) is 83.8 Å². The van der Waals surface area contributed by atoms with Gasteiger partial charge in [0.05, 0.1) is 24.0 Å². The van der Waals surface area contributed by atoms with Crippen molar-refractivity contribution in [2.75, 3.05) is 4.90 Å². The third kappa shape index (κ3) is 4.25. The van der Waals surface area contributed by atoms with E-state index in [1.165, 1.54) is 4.90 Å². The number of benzene rings is 3. The number of aryl methyl sites for hydroxylation is 1. The van der Waals surface area contributed by atoms with Gasteiger partial charge in [-0.25, -0.2) is 4.68 Å². The van der Waals surface area contributed by atoms with E-state index < -0.39 is 11.8 Å². The first kappa shape index (κ1) is 22.6. The average molecular weight is 479 g/mol. The van der Waals surface area contributed by atoms with E-state index in [4.69, 9.17) is 5.10 Å². The zero-order chi connectivity index (χ0) is 24.4. The summed E-state index contributed by atoms with van der Waals surface area (Å²) in [5, 5.41) is 14.4. The number of hydrogen-bond acceptors (Lipinski definition) is 5. The normalized spacial score (nSPS) is 12.7. The Morgan fingerprint density at radius 1 is 1.14 bits per heavy atom. The summed E-state index contributed by atoms with van der Waals surface area (Å²) in [7, 11) is 0. The molecule has 172 valence electrons. The van der Waals surface area contributed by atoms with Gasteiger partial charge in [0, 0.05) is 21.8 Å². The first-order valence-electron chi connectivity index (χ1n) is 11.2. The van der Waals surface area contributed by atoms with Gasteiger partial charge in [0.1, 0.15) is 6.29 Å². The molecule has 0 saturated carbocycles. The molecule has 35 heavy (non-hydrogen) atoms.